The lowest BCUT2D eigenvalue weighted by Crippen LogP contribution is -2.19. The Morgan fingerprint density at radius 1 is 1.28 bits per heavy atom. The lowest BCUT2D eigenvalue weighted by Gasteiger charge is -2.05. The van der Waals surface area contributed by atoms with Crippen LogP contribution >= 0.6 is 11.6 Å². The molecule has 0 aromatic carbocycles. The molecule has 2 aromatic rings. The molecular formula is C9H9ClN6O2. The average Bonchev–Trinajstić information content (AvgIpc) is 2.60. The van der Waals surface area contributed by atoms with E-state index in [2.05, 4.69) is 25.7 Å². The zero-order valence-electron chi connectivity index (χ0n) is 9.56. The number of rotatable bonds is 2. The number of hydrogen-bond acceptors (Lipinski definition) is 5. The summed E-state index contributed by atoms with van der Waals surface area (Å²) >= 11 is 5.90. The lowest BCUT2D eigenvalue weighted by molar-refractivity contribution is -0.115. The monoisotopic (exact) mass is 268 g/mol. The molecule has 9 heteroatoms. The number of fused-ring (bicyclic) bond motifs is 1. The molecule has 94 valence electrons. The van der Waals surface area contributed by atoms with Crippen LogP contribution in [-0.4, -0.2) is 31.4 Å². The van der Waals surface area contributed by atoms with E-state index in [0.29, 0.717) is 11.2 Å². The number of imidazole rings is 1. The van der Waals surface area contributed by atoms with Crippen LogP contribution in [0.1, 0.15) is 13.8 Å². The van der Waals surface area contributed by atoms with Crippen molar-refractivity contribution in [1.29, 1.82) is 0 Å². The minimum Gasteiger partial charge on any atom is -0.295 e. The summed E-state index contributed by atoms with van der Waals surface area (Å²) in [7, 11) is 0. The van der Waals surface area contributed by atoms with Gasteiger partial charge in [-0.25, -0.2) is 9.66 Å². The molecule has 0 atom stereocenters. The highest BCUT2D eigenvalue weighted by molar-refractivity contribution is 6.33. The number of nitrogens with zero attached hydrogens (tertiary/aromatic N) is 4. The Labute approximate surface area is 106 Å². The Morgan fingerprint density at radius 3 is 2.61 bits per heavy atom. The van der Waals surface area contributed by atoms with Gasteiger partial charge in [0.05, 0.1) is 0 Å². The summed E-state index contributed by atoms with van der Waals surface area (Å²) in [6.45, 7) is 2.68. The molecule has 0 unspecified atom stereocenters. The van der Waals surface area contributed by atoms with Crippen molar-refractivity contribution in [3.05, 3.63) is 11.5 Å². The summed E-state index contributed by atoms with van der Waals surface area (Å²) in [5, 5.41) is 2.50. The molecule has 0 bridgehead atoms. The highest BCUT2D eigenvalue weighted by Crippen LogP contribution is 2.19. The fourth-order valence-corrected chi connectivity index (χ4v) is 1.54. The minimum absolute atomic E-state index is 0.0482. The molecule has 0 spiro atoms. The van der Waals surface area contributed by atoms with Crippen LogP contribution in [0.5, 0.6) is 0 Å². The average molecular weight is 269 g/mol. The van der Waals surface area contributed by atoms with Gasteiger partial charge in [-0.2, -0.15) is 9.97 Å². The van der Waals surface area contributed by atoms with Gasteiger partial charge in [0, 0.05) is 13.8 Å². The maximum Gasteiger partial charge on any atom is 0.235 e. The number of halogens is 1. The van der Waals surface area contributed by atoms with Crippen LogP contribution in [0.4, 0.5) is 5.95 Å². The second-order valence-corrected chi connectivity index (χ2v) is 3.83. The van der Waals surface area contributed by atoms with Crippen molar-refractivity contribution in [1.82, 2.24) is 19.6 Å². The van der Waals surface area contributed by atoms with Crippen LogP contribution in [0.25, 0.3) is 11.2 Å². The lowest BCUT2D eigenvalue weighted by atomic mass is 10.5. The molecule has 2 rings (SSSR count). The van der Waals surface area contributed by atoms with E-state index in [1.807, 2.05) is 0 Å². The summed E-state index contributed by atoms with van der Waals surface area (Å²) in [4.78, 5) is 33.8. The van der Waals surface area contributed by atoms with Crippen molar-refractivity contribution in [3.63, 3.8) is 0 Å². The third-order valence-electron chi connectivity index (χ3n) is 1.92. The zero-order chi connectivity index (χ0) is 13.3. The summed E-state index contributed by atoms with van der Waals surface area (Å²) < 4.78 is 1.30. The van der Waals surface area contributed by atoms with Gasteiger partial charge in [-0.05, 0) is 0 Å². The third kappa shape index (κ3) is 2.38. The Morgan fingerprint density at radius 2 is 2.00 bits per heavy atom. The number of hydrogen-bond donors (Lipinski definition) is 2. The number of aromatic nitrogens is 4. The van der Waals surface area contributed by atoms with E-state index < -0.39 is 0 Å². The summed E-state index contributed by atoms with van der Waals surface area (Å²) in [6.07, 6.45) is 1.35. The topological polar surface area (TPSA) is 102 Å². The number of anilines is 1. The van der Waals surface area contributed by atoms with Gasteiger partial charge in [-0.3, -0.25) is 20.3 Å². The van der Waals surface area contributed by atoms with E-state index in [1.54, 1.807) is 0 Å². The molecule has 2 aromatic heterocycles. The van der Waals surface area contributed by atoms with Gasteiger partial charge >= 0.3 is 0 Å². The van der Waals surface area contributed by atoms with E-state index in [1.165, 1.54) is 24.9 Å². The molecule has 2 amide bonds. The molecule has 0 aliphatic rings. The van der Waals surface area contributed by atoms with Gasteiger partial charge in [0.25, 0.3) is 0 Å². The van der Waals surface area contributed by atoms with Gasteiger partial charge in [0.15, 0.2) is 10.8 Å². The van der Waals surface area contributed by atoms with Crippen molar-refractivity contribution >= 4 is 40.5 Å². The number of carbonyl (C=O) groups is 2. The molecule has 0 saturated carbocycles. The first-order valence-corrected chi connectivity index (χ1v) is 5.31. The number of amides is 2. The molecule has 2 N–H and O–H groups in total. The van der Waals surface area contributed by atoms with Crippen molar-refractivity contribution in [3.8, 4) is 0 Å². The predicted octanol–water partition coefficient (Wildman–Crippen LogP) is 0.528. The Bertz CT molecular complexity index is 637. The summed E-state index contributed by atoms with van der Waals surface area (Å²) in [5.74, 6) is -0.562. The van der Waals surface area contributed by atoms with Gasteiger partial charge in [-0.1, -0.05) is 11.6 Å². The largest absolute Gasteiger partial charge is 0.295 e. The van der Waals surface area contributed by atoms with E-state index >= 15 is 0 Å². The van der Waals surface area contributed by atoms with Gasteiger partial charge in [-0.15, -0.1) is 0 Å². The zero-order valence-corrected chi connectivity index (χ0v) is 10.3. The van der Waals surface area contributed by atoms with Crippen molar-refractivity contribution < 1.29 is 9.59 Å². The van der Waals surface area contributed by atoms with Crippen LogP contribution in [0.3, 0.4) is 0 Å². The van der Waals surface area contributed by atoms with Gasteiger partial charge in [0.1, 0.15) is 11.8 Å². The second-order valence-electron chi connectivity index (χ2n) is 3.47. The van der Waals surface area contributed by atoms with E-state index in [-0.39, 0.29) is 22.9 Å². The minimum atomic E-state index is -0.323. The number of nitrogens with one attached hydrogen (secondary N) is 2. The molecule has 2 heterocycles. The first-order chi connectivity index (χ1) is 8.47. The third-order valence-corrected chi connectivity index (χ3v) is 2.18. The van der Waals surface area contributed by atoms with E-state index in [9.17, 15) is 9.59 Å². The maximum absolute atomic E-state index is 11.0. The first-order valence-electron chi connectivity index (χ1n) is 4.93. The van der Waals surface area contributed by atoms with Crippen molar-refractivity contribution in [2.75, 3.05) is 10.7 Å². The van der Waals surface area contributed by atoms with Gasteiger partial charge < -0.3 is 0 Å². The standard InChI is InChI=1S/C9H9ClN6O2/c1-4(17)12-9-13-7(10)6-8(14-9)16(3-11-6)15-5(2)18/h3H,1-2H3,(H,15,18)(H,12,13,14,17). The van der Waals surface area contributed by atoms with Crippen LogP contribution < -0.4 is 10.7 Å². The van der Waals surface area contributed by atoms with Crippen molar-refractivity contribution in [2.45, 2.75) is 13.8 Å². The van der Waals surface area contributed by atoms with E-state index in [4.69, 9.17) is 11.6 Å². The summed E-state index contributed by atoms with van der Waals surface area (Å²) in [5.41, 5.74) is 3.12. The Balaban J connectivity index is 2.53. The second kappa shape index (κ2) is 4.57. The van der Waals surface area contributed by atoms with Gasteiger partial charge in [0.2, 0.25) is 17.8 Å². The Hall–Kier alpha value is -2.22. The molecule has 8 nitrogen and oxygen atoms in total. The maximum atomic E-state index is 11.0. The molecule has 0 aliphatic carbocycles. The molecule has 0 radical (unpaired) electrons. The molecule has 0 aliphatic heterocycles. The van der Waals surface area contributed by atoms with Crippen LogP contribution in [0.2, 0.25) is 5.15 Å². The quantitative estimate of drug-likeness (QED) is 0.774. The van der Waals surface area contributed by atoms with Crippen LogP contribution in [0.15, 0.2) is 6.33 Å². The summed E-state index contributed by atoms with van der Waals surface area (Å²) in [6, 6.07) is 0. The van der Waals surface area contributed by atoms with E-state index in [0.717, 1.165) is 0 Å². The van der Waals surface area contributed by atoms with Crippen molar-refractivity contribution in [2.24, 2.45) is 0 Å². The Kier molecular flexibility index (Phi) is 3.11. The molecule has 0 saturated heterocycles. The first kappa shape index (κ1) is 12.2. The fraction of sp³-hybridized carbons (Fsp3) is 0.222. The smallest absolute Gasteiger partial charge is 0.235 e. The highest BCUT2D eigenvalue weighted by Gasteiger charge is 2.13. The fourth-order valence-electron chi connectivity index (χ4n) is 1.33. The molecule has 18 heavy (non-hydrogen) atoms. The normalized spacial score (nSPS) is 10.4. The van der Waals surface area contributed by atoms with Crippen LogP contribution in [-0.2, 0) is 9.59 Å². The molecular weight excluding hydrogens is 260 g/mol. The molecule has 0 fully saturated rings. The number of carbonyl (C=O) groups excluding carboxylic acids is 2. The highest BCUT2D eigenvalue weighted by atomic mass is 35.5. The predicted molar refractivity (Wildman–Crippen MR) is 64.7 cm³/mol. The SMILES string of the molecule is CC(=O)Nc1nc(Cl)c2ncn(NC(C)=O)c2n1. The van der Waals surface area contributed by atoms with Crippen LogP contribution in [0, 0.1) is 0 Å².